The average molecular weight is 781 g/mol. The number of aliphatic hydroxyl groups excluding tert-OH is 5. The van der Waals surface area contributed by atoms with E-state index in [1.54, 1.807) is 19.9 Å². The first-order valence-corrected chi connectivity index (χ1v) is 20.9. The van der Waals surface area contributed by atoms with Crippen molar-refractivity contribution in [2.24, 2.45) is 34.5 Å². The topological polar surface area (TPSA) is 203 Å². The summed E-state index contributed by atoms with van der Waals surface area (Å²) in [6, 6.07) is 0. The summed E-state index contributed by atoms with van der Waals surface area (Å²) in [5.41, 5.74) is -0.563. The number of hydrogen-bond acceptors (Lipinski definition) is 14. The van der Waals surface area contributed by atoms with Crippen LogP contribution in [-0.2, 0) is 38.0 Å². The lowest BCUT2D eigenvalue weighted by atomic mass is 9.42. The van der Waals surface area contributed by atoms with Gasteiger partial charge in [0.15, 0.2) is 18.9 Å². The molecule has 4 aliphatic carbocycles. The summed E-state index contributed by atoms with van der Waals surface area (Å²) in [6.45, 7) is 10.0. The molecule has 8 aliphatic rings. The van der Waals surface area contributed by atoms with Gasteiger partial charge in [0.2, 0.25) is 0 Å². The van der Waals surface area contributed by atoms with Gasteiger partial charge in [-0.1, -0.05) is 13.8 Å². The molecule has 4 heterocycles. The van der Waals surface area contributed by atoms with Gasteiger partial charge in [0, 0.05) is 36.7 Å². The summed E-state index contributed by atoms with van der Waals surface area (Å²) in [6.07, 6.45) is -1.97. The van der Waals surface area contributed by atoms with E-state index in [0.29, 0.717) is 25.9 Å². The van der Waals surface area contributed by atoms with Crippen molar-refractivity contribution in [2.45, 2.75) is 197 Å². The Kier molecular flexibility index (Phi) is 11.1. The Morgan fingerprint density at radius 2 is 1.35 bits per heavy atom. The number of cyclic esters (lactones) is 1. The lowest BCUT2D eigenvalue weighted by Gasteiger charge is -2.65. The van der Waals surface area contributed by atoms with Crippen LogP contribution in [0.25, 0.3) is 0 Å². The van der Waals surface area contributed by atoms with E-state index in [1.165, 1.54) is 0 Å². The van der Waals surface area contributed by atoms with Gasteiger partial charge >= 0.3 is 5.97 Å². The van der Waals surface area contributed by atoms with Gasteiger partial charge in [-0.3, -0.25) is 0 Å². The average Bonchev–Trinajstić information content (AvgIpc) is 3.67. The zero-order chi connectivity index (χ0) is 39.2. The molecule has 0 aromatic carbocycles. The Bertz CT molecular complexity index is 1420. The Balaban J connectivity index is 0.945. The molecule has 0 amide bonds. The second-order valence-corrected chi connectivity index (χ2v) is 18.9. The van der Waals surface area contributed by atoms with Gasteiger partial charge in [-0.05, 0) is 101 Å². The number of fused-ring (bicyclic) bond motifs is 5. The first-order chi connectivity index (χ1) is 26.0. The second-order valence-electron chi connectivity index (χ2n) is 18.9. The minimum absolute atomic E-state index is 0.0606. The summed E-state index contributed by atoms with van der Waals surface area (Å²) in [5.74, 6) is -0.135. The highest BCUT2D eigenvalue weighted by Crippen LogP contribution is 2.70. The Morgan fingerprint density at radius 3 is 1.98 bits per heavy atom. The molecule has 0 spiro atoms. The van der Waals surface area contributed by atoms with E-state index < -0.39 is 90.9 Å². The summed E-state index contributed by atoms with van der Waals surface area (Å²) in [5, 5.41) is 66.0. The predicted octanol–water partition coefficient (Wildman–Crippen LogP) is 2.22. The molecular formula is C41H64O14. The SMILES string of the molecule is CC1OC(OC2CC(OC3CCC4(C)C(C3)CC(O)C3C4CCC4(C)C(C5=CC(=O)OC5)CCC34O)OC(C)C2OC2CC(O)C(O)C(C)O2)CC(O)C1O. The largest absolute Gasteiger partial charge is 0.458 e. The molecule has 0 aromatic rings. The second kappa shape index (κ2) is 15.1. The van der Waals surface area contributed by atoms with Gasteiger partial charge in [-0.2, -0.15) is 0 Å². The van der Waals surface area contributed by atoms with Gasteiger partial charge in [-0.15, -0.1) is 0 Å². The van der Waals surface area contributed by atoms with Crippen molar-refractivity contribution in [3.8, 4) is 0 Å². The molecule has 0 bridgehead atoms. The molecule has 0 radical (unpaired) electrons. The van der Waals surface area contributed by atoms with Crippen molar-refractivity contribution in [1.82, 2.24) is 0 Å². The number of aliphatic hydroxyl groups is 6. The highest BCUT2D eigenvalue weighted by molar-refractivity contribution is 5.85. The summed E-state index contributed by atoms with van der Waals surface area (Å²) in [4.78, 5) is 12.0. The quantitative estimate of drug-likeness (QED) is 0.162. The summed E-state index contributed by atoms with van der Waals surface area (Å²) >= 11 is 0. The van der Waals surface area contributed by atoms with Crippen molar-refractivity contribution < 1.29 is 68.6 Å². The van der Waals surface area contributed by atoms with E-state index in [9.17, 15) is 35.4 Å². The van der Waals surface area contributed by atoms with Crippen LogP contribution in [0.3, 0.4) is 0 Å². The van der Waals surface area contributed by atoms with E-state index in [4.69, 9.17) is 33.2 Å². The van der Waals surface area contributed by atoms with Crippen LogP contribution < -0.4 is 0 Å². The Labute approximate surface area is 323 Å². The minimum Gasteiger partial charge on any atom is -0.458 e. The van der Waals surface area contributed by atoms with Crippen LogP contribution in [0.2, 0.25) is 0 Å². The molecule has 4 aliphatic heterocycles. The molecule has 0 aromatic heterocycles. The molecule has 4 saturated carbocycles. The summed E-state index contributed by atoms with van der Waals surface area (Å²) < 4.78 is 43.2. The third-order valence-electron chi connectivity index (χ3n) is 15.9. The maximum absolute atomic E-state index is 12.6. The first kappa shape index (κ1) is 40.5. The van der Waals surface area contributed by atoms with E-state index in [2.05, 4.69) is 13.8 Å². The smallest absolute Gasteiger partial charge is 0.331 e. The monoisotopic (exact) mass is 780 g/mol. The fourth-order valence-electron chi connectivity index (χ4n) is 12.7. The van der Waals surface area contributed by atoms with Gasteiger partial charge in [-0.25, -0.2) is 4.79 Å². The minimum atomic E-state index is -1.03. The van der Waals surface area contributed by atoms with Crippen LogP contribution >= 0.6 is 0 Å². The van der Waals surface area contributed by atoms with Crippen LogP contribution in [0.1, 0.15) is 105 Å². The first-order valence-electron chi connectivity index (χ1n) is 20.9. The van der Waals surface area contributed by atoms with Crippen molar-refractivity contribution >= 4 is 5.97 Å². The number of ether oxygens (including phenoxy) is 7. The van der Waals surface area contributed by atoms with Crippen molar-refractivity contribution in [3.05, 3.63) is 11.6 Å². The predicted molar refractivity (Wildman–Crippen MR) is 193 cm³/mol. The van der Waals surface area contributed by atoms with Crippen LogP contribution in [0.4, 0.5) is 0 Å². The Morgan fingerprint density at radius 1 is 0.709 bits per heavy atom. The van der Waals surface area contributed by atoms with Gasteiger partial charge in [0.1, 0.15) is 24.9 Å². The van der Waals surface area contributed by atoms with Crippen LogP contribution in [0, 0.1) is 34.5 Å². The maximum Gasteiger partial charge on any atom is 0.331 e. The van der Waals surface area contributed by atoms with Gasteiger partial charge < -0.3 is 63.8 Å². The van der Waals surface area contributed by atoms with Crippen molar-refractivity contribution in [3.63, 3.8) is 0 Å². The fourth-order valence-corrected chi connectivity index (χ4v) is 12.7. The molecule has 21 atom stereocenters. The van der Waals surface area contributed by atoms with Crippen LogP contribution in [0.15, 0.2) is 11.6 Å². The molecular weight excluding hydrogens is 716 g/mol. The van der Waals surface area contributed by atoms with Crippen LogP contribution in [-0.4, -0.2) is 135 Å². The zero-order valence-electron chi connectivity index (χ0n) is 32.9. The van der Waals surface area contributed by atoms with Crippen molar-refractivity contribution in [1.29, 1.82) is 0 Å². The van der Waals surface area contributed by atoms with E-state index in [-0.39, 0.29) is 54.0 Å². The molecule has 8 rings (SSSR count). The third-order valence-corrected chi connectivity index (χ3v) is 15.9. The molecule has 3 saturated heterocycles. The molecule has 14 nitrogen and oxygen atoms in total. The van der Waals surface area contributed by atoms with Crippen molar-refractivity contribution in [2.75, 3.05) is 6.61 Å². The maximum atomic E-state index is 12.6. The molecule has 55 heavy (non-hydrogen) atoms. The zero-order valence-corrected chi connectivity index (χ0v) is 32.9. The number of rotatable bonds is 7. The third kappa shape index (κ3) is 7.05. The number of carbonyl (C=O) groups is 1. The number of carbonyl (C=O) groups excluding carboxylic acids is 1. The highest BCUT2D eigenvalue weighted by atomic mass is 16.7. The fraction of sp³-hybridized carbons (Fsp3) is 0.927. The highest BCUT2D eigenvalue weighted by Gasteiger charge is 2.70. The molecule has 312 valence electrons. The Hall–Kier alpha value is -1.27. The van der Waals surface area contributed by atoms with Crippen LogP contribution in [0.5, 0.6) is 0 Å². The number of esters is 1. The van der Waals surface area contributed by atoms with Gasteiger partial charge in [0.05, 0.1) is 54.4 Å². The number of hydrogen-bond donors (Lipinski definition) is 6. The molecule has 7 fully saturated rings. The molecule has 14 heteroatoms. The molecule has 6 N–H and O–H groups in total. The van der Waals surface area contributed by atoms with E-state index in [1.807, 2.05) is 6.92 Å². The van der Waals surface area contributed by atoms with E-state index >= 15 is 0 Å². The van der Waals surface area contributed by atoms with Gasteiger partial charge in [0.25, 0.3) is 0 Å². The normalized spacial score (nSPS) is 55.5. The van der Waals surface area contributed by atoms with E-state index in [0.717, 1.165) is 44.1 Å². The molecule has 21 unspecified atom stereocenters. The standard InChI is InChI=1S/C41H64O14/c1-19-36(46)28(43)15-32(50-19)54-30-17-34(52-21(3)38(30)55-33-16-29(44)37(47)20(2)51-33)53-24-6-9-39(4)23(13-24)14-27(42)35-26(39)7-10-40(5)25(8-11-41(35,40)48)22-12-31(45)49-18-22/h12,19-21,23-30,32-38,42-44,46-48H,6-11,13-18H2,1-5H3. The lowest BCUT2D eigenvalue weighted by Crippen LogP contribution is -2.66. The lowest BCUT2D eigenvalue weighted by molar-refractivity contribution is -0.344. The summed E-state index contributed by atoms with van der Waals surface area (Å²) in [7, 11) is 0.